The fourth-order valence-electron chi connectivity index (χ4n) is 7.68. The van der Waals surface area contributed by atoms with Crippen LogP contribution >= 0.6 is 0 Å². The Bertz CT molecular complexity index is 2450. The minimum Gasteiger partial charge on any atom is -0.310 e. The van der Waals surface area contributed by atoms with Crippen LogP contribution in [0.15, 0.2) is 176 Å². The summed E-state index contributed by atoms with van der Waals surface area (Å²) in [4.78, 5) is 2.42. The van der Waals surface area contributed by atoms with Gasteiger partial charge in [0.25, 0.3) is 0 Å². The Balaban J connectivity index is 1.20. The molecule has 0 heterocycles. The molecule has 0 saturated carbocycles. The first-order valence-electron chi connectivity index (χ1n) is 16.8. The number of fused-ring (bicyclic) bond motifs is 5. The first-order chi connectivity index (χ1) is 23.5. The van der Waals surface area contributed by atoms with Gasteiger partial charge in [0.05, 0.1) is 5.69 Å². The molecule has 1 heteroatoms. The summed E-state index contributed by atoms with van der Waals surface area (Å²) in [6.07, 6.45) is 0. The predicted octanol–water partition coefficient (Wildman–Crippen LogP) is 13.1. The summed E-state index contributed by atoms with van der Waals surface area (Å²) >= 11 is 0. The van der Waals surface area contributed by atoms with Gasteiger partial charge in [-0.2, -0.15) is 0 Å². The van der Waals surface area contributed by atoms with Crippen LogP contribution in [0.1, 0.15) is 25.0 Å². The van der Waals surface area contributed by atoms with Gasteiger partial charge in [0, 0.05) is 22.2 Å². The van der Waals surface area contributed by atoms with Crippen LogP contribution in [0.3, 0.4) is 0 Å². The van der Waals surface area contributed by atoms with Crippen LogP contribution < -0.4 is 4.90 Å². The topological polar surface area (TPSA) is 3.24 Å². The number of benzene rings is 8. The summed E-state index contributed by atoms with van der Waals surface area (Å²) in [5.74, 6) is 0. The van der Waals surface area contributed by atoms with Crippen molar-refractivity contribution in [3.63, 3.8) is 0 Å². The highest BCUT2D eigenvalue weighted by molar-refractivity contribution is 6.03. The third-order valence-electron chi connectivity index (χ3n) is 10.2. The second-order valence-corrected chi connectivity index (χ2v) is 13.4. The van der Waals surface area contributed by atoms with Crippen molar-refractivity contribution in [1.29, 1.82) is 0 Å². The van der Waals surface area contributed by atoms with E-state index in [0.29, 0.717) is 0 Å². The minimum absolute atomic E-state index is 0.0725. The first-order valence-corrected chi connectivity index (χ1v) is 16.8. The normalized spacial score (nSPS) is 13.0. The van der Waals surface area contributed by atoms with E-state index in [0.717, 1.165) is 11.4 Å². The van der Waals surface area contributed by atoms with Crippen molar-refractivity contribution in [2.75, 3.05) is 4.90 Å². The molecule has 0 radical (unpaired) electrons. The maximum Gasteiger partial charge on any atom is 0.0540 e. The molecule has 0 N–H and O–H groups in total. The molecule has 1 nitrogen and oxygen atoms in total. The Morgan fingerprint density at radius 2 is 0.958 bits per heavy atom. The van der Waals surface area contributed by atoms with Gasteiger partial charge < -0.3 is 4.90 Å². The second-order valence-electron chi connectivity index (χ2n) is 13.4. The van der Waals surface area contributed by atoms with Crippen molar-refractivity contribution in [2.24, 2.45) is 0 Å². The van der Waals surface area contributed by atoms with E-state index in [2.05, 4.69) is 195 Å². The Morgan fingerprint density at radius 3 is 1.71 bits per heavy atom. The van der Waals surface area contributed by atoms with Gasteiger partial charge in [0.1, 0.15) is 0 Å². The second kappa shape index (κ2) is 11.1. The fraction of sp³-hybridized carbons (Fsp3) is 0.0638. The van der Waals surface area contributed by atoms with Crippen molar-refractivity contribution in [3.8, 4) is 33.4 Å². The molecular formula is C47H35N. The van der Waals surface area contributed by atoms with Gasteiger partial charge >= 0.3 is 0 Å². The van der Waals surface area contributed by atoms with Crippen LogP contribution in [-0.4, -0.2) is 0 Å². The van der Waals surface area contributed by atoms with E-state index in [1.54, 1.807) is 0 Å². The molecule has 0 amide bonds. The Kier molecular flexibility index (Phi) is 6.55. The lowest BCUT2D eigenvalue weighted by molar-refractivity contribution is 0.661. The average molecular weight is 614 g/mol. The van der Waals surface area contributed by atoms with Gasteiger partial charge in [-0.25, -0.2) is 0 Å². The predicted molar refractivity (Wildman–Crippen MR) is 205 cm³/mol. The Labute approximate surface area is 282 Å². The third kappa shape index (κ3) is 4.62. The highest BCUT2D eigenvalue weighted by Crippen LogP contribution is 2.51. The molecule has 0 bridgehead atoms. The summed E-state index contributed by atoms with van der Waals surface area (Å²) in [5, 5.41) is 5.02. The van der Waals surface area contributed by atoms with E-state index < -0.39 is 0 Å². The molecule has 0 unspecified atom stereocenters. The fourth-order valence-corrected chi connectivity index (χ4v) is 7.68. The van der Waals surface area contributed by atoms with Gasteiger partial charge in [-0.1, -0.05) is 141 Å². The van der Waals surface area contributed by atoms with Gasteiger partial charge in [-0.05, 0) is 109 Å². The molecule has 8 aromatic carbocycles. The maximum atomic E-state index is 2.45. The highest BCUT2D eigenvalue weighted by Gasteiger charge is 2.35. The van der Waals surface area contributed by atoms with E-state index in [1.165, 1.54) is 71.7 Å². The van der Waals surface area contributed by atoms with Gasteiger partial charge in [-0.3, -0.25) is 0 Å². The molecule has 1 aliphatic rings. The summed E-state index contributed by atoms with van der Waals surface area (Å²) in [6.45, 7) is 4.72. The van der Waals surface area contributed by atoms with Crippen molar-refractivity contribution in [1.82, 2.24) is 0 Å². The largest absolute Gasteiger partial charge is 0.310 e. The van der Waals surface area contributed by atoms with Crippen molar-refractivity contribution in [2.45, 2.75) is 19.3 Å². The first kappa shape index (κ1) is 28.3. The molecule has 0 aromatic heterocycles. The van der Waals surface area contributed by atoms with Crippen LogP contribution in [-0.2, 0) is 5.41 Å². The molecule has 0 spiro atoms. The zero-order valence-corrected chi connectivity index (χ0v) is 27.2. The maximum absolute atomic E-state index is 2.45. The summed E-state index contributed by atoms with van der Waals surface area (Å²) in [6, 6.07) is 64.4. The summed E-state index contributed by atoms with van der Waals surface area (Å²) in [7, 11) is 0. The van der Waals surface area contributed by atoms with E-state index in [9.17, 15) is 0 Å². The summed E-state index contributed by atoms with van der Waals surface area (Å²) in [5.41, 5.74) is 13.7. The lowest BCUT2D eigenvalue weighted by atomic mass is 9.82. The monoisotopic (exact) mass is 613 g/mol. The van der Waals surface area contributed by atoms with Crippen molar-refractivity contribution >= 4 is 38.6 Å². The number of hydrogen-bond acceptors (Lipinski definition) is 1. The van der Waals surface area contributed by atoms with Crippen molar-refractivity contribution in [3.05, 3.63) is 187 Å². The molecule has 0 aliphatic heterocycles. The smallest absolute Gasteiger partial charge is 0.0540 e. The van der Waals surface area contributed by atoms with Crippen LogP contribution in [0.4, 0.5) is 17.1 Å². The third-order valence-corrected chi connectivity index (χ3v) is 10.2. The van der Waals surface area contributed by atoms with Gasteiger partial charge in [0.15, 0.2) is 0 Å². The molecule has 0 saturated heterocycles. The molecular weight excluding hydrogens is 579 g/mol. The van der Waals surface area contributed by atoms with Crippen LogP contribution in [0.5, 0.6) is 0 Å². The molecule has 1 aliphatic carbocycles. The Hall–Kier alpha value is -5.92. The number of hydrogen-bond donors (Lipinski definition) is 0. The quantitative estimate of drug-likeness (QED) is 0.187. The molecule has 0 fully saturated rings. The van der Waals surface area contributed by atoms with Crippen LogP contribution in [0.25, 0.3) is 54.9 Å². The van der Waals surface area contributed by atoms with Gasteiger partial charge in [-0.15, -0.1) is 0 Å². The van der Waals surface area contributed by atoms with Crippen LogP contribution in [0.2, 0.25) is 0 Å². The van der Waals surface area contributed by atoms with Gasteiger partial charge in [0.2, 0.25) is 0 Å². The number of rotatable bonds is 5. The zero-order valence-electron chi connectivity index (χ0n) is 27.2. The highest BCUT2D eigenvalue weighted by atomic mass is 15.1. The standard InChI is InChI=1S/C47H35N/c1-47(2)44-17-9-8-16-41(44)43-30-38-15-10-18-46(42(38)31-45(43)47)48(39-25-21-34(22-26-39)32-11-4-3-5-12-32)40-27-23-35(24-28-40)37-20-19-33-13-6-7-14-36(33)29-37/h3-31H,1-2H3. The molecule has 228 valence electrons. The lowest BCUT2D eigenvalue weighted by Crippen LogP contribution is -2.15. The SMILES string of the molecule is CC1(C)c2ccccc2-c2cc3cccc(N(c4ccc(-c5ccccc5)cc4)c4ccc(-c5ccc6ccccc6c5)cc4)c3cc21. The molecule has 48 heavy (non-hydrogen) atoms. The molecule has 8 aromatic rings. The van der Waals surface area contributed by atoms with E-state index >= 15 is 0 Å². The average Bonchev–Trinajstić information content (AvgIpc) is 3.37. The minimum atomic E-state index is -0.0725. The summed E-state index contributed by atoms with van der Waals surface area (Å²) < 4.78 is 0. The van der Waals surface area contributed by atoms with E-state index in [4.69, 9.17) is 0 Å². The molecule has 0 atom stereocenters. The number of anilines is 3. The zero-order chi connectivity index (χ0) is 32.2. The lowest BCUT2D eigenvalue weighted by Gasteiger charge is -2.28. The van der Waals surface area contributed by atoms with E-state index in [1.807, 2.05) is 0 Å². The van der Waals surface area contributed by atoms with Crippen molar-refractivity contribution < 1.29 is 0 Å². The van der Waals surface area contributed by atoms with E-state index in [-0.39, 0.29) is 5.41 Å². The number of nitrogens with zero attached hydrogens (tertiary/aromatic N) is 1. The van der Waals surface area contributed by atoms with Crippen LogP contribution in [0, 0.1) is 0 Å². The Morgan fingerprint density at radius 1 is 0.375 bits per heavy atom. The molecule has 9 rings (SSSR count).